The van der Waals surface area contributed by atoms with Crippen molar-refractivity contribution in [2.24, 2.45) is 0 Å². The molecule has 2 N–H and O–H groups in total. The van der Waals surface area contributed by atoms with Gasteiger partial charge in [-0.25, -0.2) is 0 Å². The Labute approximate surface area is 130 Å². The lowest BCUT2D eigenvalue weighted by Gasteiger charge is -2.26. The first-order chi connectivity index (χ1) is 10.8. The number of ether oxygens (including phenoxy) is 3. The van der Waals surface area contributed by atoms with E-state index in [0.717, 1.165) is 44.3 Å². The average Bonchev–Trinajstić information content (AvgIpc) is 2.59. The van der Waals surface area contributed by atoms with E-state index in [1.54, 1.807) is 0 Å². The Morgan fingerprint density at radius 3 is 2.82 bits per heavy atom. The number of nitrogens with one attached hydrogen (secondary N) is 2. The van der Waals surface area contributed by atoms with Crippen LogP contribution in [0.5, 0.6) is 11.5 Å². The molecule has 1 amide bonds. The minimum atomic E-state index is -0.130. The summed E-state index contributed by atoms with van der Waals surface area (Å²) in [6, 6.07) is 7.59. The lowest BCUT2D eigenvalue weighted by molar-refractivity contribution is -0.907. The van der Waals surface area contributed by atoms with Gasteiger partial charge < -0.3 is 24.4 Å². The molecule has 2 heterocycles. The van der Waals surface area contributed by atoms with Crippen LogP contribution in [0.2, 0.25) is 0 Å². The largest absolute Gasteiger partial charge is 0.486 e. The smallest absolute Gasteiger partial charge is 0.225 e. The maximum absolute atomic E-state index is 11.9. The van der Waals surface area contributed by atoms with Gasteiger partial charge in [0, 0.05) is 0 Å². The van der Waals surface area contributed by atoms with Crippen molar-refractivity contribution >= 4 is 5.91 Å². The predicted molar refractivity (Wildman–Crippen MR) is 80.4 cm³/mol. The summed E-state index contributed by atoms with van der Waals surface area (Å²) >= 11 is 0. The molecule has 0 bridgehead atoms. The third-order valence-corrected chi connectivity index (χ3v) is 4.00. The molecule has 0 radical (unpaired) electrons. The number of fused-ring (bicyclic) bond motifs is 1. The first kappa shape index (κ1) is 15.1. The van der Waals surface area contributed by atoms with E-state index in [4.69, 9.17) is 14.2 Å². The lowest BCUT2D eigenvalue weighted by atomic mass is 10.2. The number of carbonyl (C=O) groups is 1. The van der Waals surface area contributed by atoms with E-state index >= 15 is 0 Å². The van der Waals surface area contributed by atoms with Crippen molar-refractivity contribution in [2.45, 2.75) is 12.5 Å². The maximum Gasteiger partial charge on any atom is 0.225 e. The molecule has 1 saturated heterocycles. The molecule has 120 valence electrons. The Kier molecular flexibility index (Phi) is 5.13. The van der Waals surface area contributed by atoms with E-state index in [1.807, 2.05) is 24.3 Å². The fraction of sp³-hybridized carbons (Fsp3) is 0.562. The molecule has 2 aliphatic heterocycles. The molecule has 0 unspecified atom stereocenters. The quantitative estimate of drug-likeness (QED) is 0.751. The van der Waals surface area contributed by atoms with Gasteiger partial charge in [0.05, 0.1) is 32.7 Å². The number of amides is 1. The molecule has 2 aliphatic rings. The Hall–Kier alpha value is -1.79. The van der Waals surface area contributed by atoms with Crippen molar-refractivity contribution in [3.8, 4) is 11.5 Å². The summed E-state index contributed by atoms with van der Waals surface area (Å²) < 4.78 is 16.8. The summed E-state index contributed by atoms with van der Waals surface area (Å²) in [6.45, 7) is 5.37. The van der Waals surface area contributed by atoms with Crippen molar-refractivity contribution in [1.29, 1.82) is 0 Å². The number of hydrogen-bond donors (Lipinski definition) is 2. The van der Waals surface area contributed by atoms with Crippen molar-refractivity contribution in [3.63, 3.8) is 0 Å². The number of para-hydroxylation sites is 2. The van der Waals surface area contributed by atoms with E-state index in [0.29, 0.717) is 19.6 Å². The maximum atomic E-state index is 11.9. The Bertz CT molecular complexity index is 503. The highest BCUT2D eigenvalue weighted by atomic mass is 16.6. The zero-order valence-electron chi connectivity index (χ0n) is 12.7. The van der Waals surface area contributed by atoms with Gasteiger partial charge >= 0.3 is 0 Å². The fourth-order valence-electron chi connectivity index (χ4n) is 2.68. The first-order valence-corrected chi connectivity index (χ1v) is 7.88. The Balaban J connectivity index is 1.37. The van der Waals surface area contributed by atoms with Gasteiger partial charge in [-0.2, -0.15) is 0 Å². The summed E-state index contributed by atoms with van der Waals surface area (Å²) in [7, 11) is 0. The van der Waals surface area contributed by atoms with E-state index in [2.05, 4.69) is 5.32 Å². The van der Waals surface area contributed by atoms with Crippen LogP contribution in [0.3, 0.4) is 0 Å². The molecule has 1 atom stereocenters. The SMILES string of the molecule is O=C(CC[NH+]1CCOCC1)NC[C@@H]1COc2ccccc2O1. The predicted octanol–water partition coefficient (Wildman–Crippen LogP) is -0.752. The highest BCUT2D eigenvalue weighted by molar-refractivity contribution is 5.75. The summed E-state index contributed by atoms with van der Waals surface area (Å²) in [4.78, 5) is 13.4. The van der Waals surface area contributed by atoms with Gasteiger partial charge in [-0.1, -0.05) is 12.1 Å². The summed E-state index contributed by atoms with van der Waals surface area (Å²) in [5.74, 6) is 1.58. The molecule has 0 aliphatic carbocycles. The Morgan fingerprint density at radius 2 is 2.00 bits per heavy atom. The number of rotatable bonds is 5. The van der Waals surface area contributed by atoms with Crippen LogP contribution in [0, 0.1) is 0 Å². The van der Waals surface area contributed by atoms with Crippen LogP contribution in [-0.4, -0.2) is 58.0 Å². The summed E-state index contributed by atoms with van der Waals surface area (Å²) in [5, 5.41) is 2.93. The molecular formula is C16H23N2O4+. The minimum Gasteiger partial charge on any atom is -0.486 e. The molecule has 0 aromatic heterocycles. The van der Waals surface area contributed by atoms with Gasteiger partial charge in [-0.05, 0) is 12.1 Å². The molecule has 1 aromatic rings. The molecule has 1 aromatic carbocycles. The van der Waals surface area contributed by atoms with Gasteiger partial charge in [-0.3, -0.25) is 4.79 Å². The number of benzene rings is 1. The third kappa shape index (κ3) is 4.11. The average molecular weight is 307 g/mol. The van der Waals surface area contributed by atoms with E-state index in [9.17, 15) is 4.79 Å². The number of hydrogen-bond acceptors (Lipinski definition) is 4. The highest BCUT2D eigenvalue weighted by Gasteiger charge is 2.21. The molecule has 1 fully saturated rings. The number of quaternary nitrogens is 1. The zero-order valence-corrected chi connectivity index (χ0v) is 12.7. The summed E-state index contributed by atoms with van der Waals surface area (Å²) in [6.07, 6.45) is 0.411. The highest BCUT2D eigenvalue weighted by Crippen LogP contribution is 2.30. The van der Waals surface area contributed by atoms with Crippen molar-refractivity contribution in [2.75, 3.05) is 46.0 Å². The van der Waals surface area contributed by atoms with Crippen LogP contribution in [0.15, 0.2) is 24.3 Å². The van der Waals surface area contributed by atoms with Crippen molar-refractivity contribution < 1.29 is 23.9 Å². The number of morpholine rings is 1. The van der Waals surface area contributed by atoms with Crippen LogP contribution in [-0.2, 0) is 9.53 Å². The van der Waals surface area contributed by atoms with Crippen LogP contribution < -0.4 is 19.7 Å². The van der Waals surface area contributed by atoms with Crippen LogP contribution in [0.4, 0.5) is 0 Å². The fourth-order valence-corrected chi connectivity index (χ4v) is 2.68. The van der Waals surface area contributed by atoms with Crippen LogP contribution in [0.25, 0.3) is 0 Å². The topological polar surface area (TPSA) is 61.2 Å². The molecular weight excluding hydrogens is 284 g/mol. The second-order valence-electron chi connectivity index (χ2n) is 5.66. The monoisotopic (exact) mass is 307 g/mol. The van der Waals surface area contributed by atoms with Gasteiger partial charge in [0.1, 0.15) is 25.8 Å². The second-order valence-corrected chi connectivity index (χ2v) is 5.66. The zero-order chi connectivity index (χ0) is 15.2. The molecule has 3 rings (SSSR count). The van der Waals surface area contributed by atoms with E-state index in [1.165, 1.54) is 4.90 Å². The molecule has 6 nitrogen and oxygen atoms in total. The van der Waals surface area contributed by atoms with Crippen LogP contribution >= 0.6 is 0 Å². The van der Waals surface area contributed by atoms with Crippen molar-refractivity contribution in [3.05, 3.63) is 24.3 Å². The lowest BCUT2D eigenvalue weighted by Crippen LogP contribution is -3.14. The third-order valence-electron chi connectivity index (χ3n) is 4.00. The van der Waals surface area contributed by atoms with E-state index in [-0.39, 0.29) is 12.0 Å². The van der Waals surface area contributed by atoms with Crippen LogP contribution in [0.1, 0.15) is 6.42 Å². The number of carbonyl (C=O) groups excluding carboxylic acids is 1. The normalized spacial score (nSPS) is 21.4. The second kappa shape index (κ2) is 7.47. The molecule has 22 heavy (non-hydrogen) atoms. The Morgan fingerprint density at radius 1 is 1.23 bits per heavy atom. The summed E-state index contributed by atoms with van der Waals surface area (Å²) in [5.41, 5.74) is 0. The van der Waals surface area contributed by atoms with E-state index < -0.39 is 0 Å². The first-order valence-electron chi connectivity index (χ1n) is 7.88. The van der Waals surface area contributed by atoms with Crippen molar-refractivity contribution in [1.82, 2.24) is 5.32 Å². The van der Waals surface area contributed by atoms with Gasteiger partial charge in [0.25, 0.3) is 0 Å². The van der Waals surface area contributed by atoms with Gasteiger partial charge in [0.2, 0.25) is 5.91 Å². The molecule has 6 heteroatoms. The molecule has 0 saturated carbocycles. The molecule has 0 spiro atoms. The van der Waals surface area contributed by atoms with Gasteiger partial charge in [-0.15, -0.1) is 0 Å². The van der Waals surface area contributed by atoms with Gasteiger partial charge in [0.15, 0.2) is 11.5 Å². The standard InChI is InChI=1S/C16H22N2O4/c19-16(5-6-18-7-9-20-10-8-18)17-11-13-12-21-14-3-1-2-4-15(14)22-13/h1-4,13H,5-12H2,(H,17,19)/p+1/t13-/m1/s1. The minimum absolute atomic E-state index is 0.0708.